The first-order valence-electron chi connectivity index (χ1n) is 12.1. The number of allylic oxidation sites excluding steroid dienone is 1. The molecule has 38 heavy (non-hydrogen) atoms. The maximum absolute atomic E-state index is 13.7. The lowest BCUT2D eigenvalue weighted by Crippen LogP contribution is -2.63. The third-order valence-electron chi connectivity index (χ3n) is 7.98. The van der Waals surface area contributed by atoms with Crippen LogP contribution in [0, 0.1) is 11.8 Å². The van der Waals surface area contributed by atoms with Gasteiger partial charge in [-0.05, 0) is 57.8 Å². The summed E-state index contributed by atoms with van der Waals surface area (Å²) in [7, 11) is 3.13. The van der Waals surface area contributed by atoms with Gasteiger partial charge in [-0.15, -0.1) is 0 Å². The summed E-state index contributed by atoms with van der Waals surface area (Å²) in [6.07, 6.45) is 0.621. The number of aliphatic hydroxyl groups excluding tert-OH is 2. The number of fused-ring (bicyclic) bond motifs is 3. The molecular weight excluding hydrogens is 562 g/mol. The highest BCUT2D eigenvalue weighted by atomic mass is 79.9. The van der Waals surface area contributed by atoms with Crippen molar-refractivity contribution in [3.63, 3.8) is 0 Å². The van der Waals surface area contributed by atoms with Crippen molar-refractivity contribution in [3.05, 3.63) is 45.9 Å². The van der Waals surface area contributed by atoms with Crippen LogP contribution in [0.5, 0.6) is 5.75 Å². The lowest BCUT2D eigenvalue weighted by Gasteiger charge is -2.50. The molecule has 0 saturated heterocycles. The maximum atomic E-state index is 13.7. The molecule has 3 aliphatic carbocycles. The van der Waals surface area contributed by atoms with Crippen molar-refractivity contribution >= 4 is 45.0 Å². The number of aromatic hydroxyl groups is 1. The number of carbonyl (C=O) groups excluding carboxylic acids is 4. The fourth-order valence-corrected chi connectivity index (χ4v) is 5.84. The fraction of sp³-hybridized carbons (Fsp3) is 0.462. The molecule has 3 aliphatic rings. The van der Waals surface area contributed by atoms with Gasteiger partial charge in [0.1, 0.15) is 21.4 Å². The van der Waals surface area contributed by atoms with Crippen molar-refractivity contribution in [3.8, 4) is 5.75 Å². The zero-order valence-electron chi connectivity index (χ0n) is 21.3. The number of halogens is 1. The molecule has 1 aromatic carbocycles. The number of ketones is 2. The van der Waals surface area contributed by atoms with Gasteiger partial charge in [-0.2, -0.15) is 0 Å². The molecule has 0 heterocycles. The van der Waals surface area contributed by atoms with Gasteiger partial charge in [0.05, 0.1) is 17.3 Å². The van der Waals surface area contributed by atoms with E-state index in [1.165, 1.54) is 11.0 Å². The van der Waals surface area contributed by atoms with Crippen LogP contribution in [0.15, 0.2) is 34.8 Å². The molecule has 7 N–H and O–H groups in total. The van der Waals surface area contributed by atoms with Crippen molar-refractivity contribution in [2.75, 3.05) is 19.4 Å². The smallest absolute Gasteiger partial charge is 0.255 e. The largest absolute Gasteiger partial charge is 0.510 e. The van der Waals surface area contributed by atoms with E-state index in [1.807, 2.05) is 0 Å². The van der Waals surface area contributed by atoms with Gasteiger partial charge in [0.15, 0.2) is 17.1 Å². The molecule has 3 unspecified atom stereocenters. The SMILES string of the molecule is CCC(C)(Br)C(=O)Nc1ccc2c(c1O)C(=O)C1=C(O)[C@]3(O)C(=O)C(C(N)=O)=C(O)[C@@H](N(C)C)C3CC1C2. The summed E-state index contributed by atoms with van der Waals surface area (Å²) in [5, 5.41) is 47.3. The van der Waals surface area contributed by atoms with E-state index in [0.717, 1.165) is 0 Å². The number of nitrogens with one attached hydrogen (secondary N) is 1. The lowest BCUT2D eigenvalue weighted by molar-refractivity contribution is -0.148. The van der Waals surface area contributed by atoms with Crippen LogP contribution in [0.25, 0.3) is 0 Å². The molecular formula is C26H30BrN3O8. The molecule has 0 radical (unpaired) electrons. The highest BCUT2D eigenvalue weighted by Gasteiger charge is 2.63. The Morgan fingerprint density at radius 1 is 1.24 bits per heavy atom. The number of primary amides is 1. The summed E-state index contributed by atoms with van der Waals surface area (Å²) in [5.41, 5.74) is 1.78. The highest BCUT2D eigenvalue weighted by molar-refractivity contribution is 9.10. The molecule has 0 aliphatic heterocycles. The summed E-state index contributed by atoms with van der Waals surface area (Å²) in [6, 6.07) is 2.02. The van der Waals surface area contributed by atoms with Crippen molar-refractivity contribution in [2.24, 2.45) is 17.6 Å². The number of rotatable bonds is 5. The Morgan fingerprint density at radius 2 is 1.87 bits per heavy atom. The summed E-state index contributed by atoms with van der Waals surface area (Å²) in [6.45, 7) is 3.46. The Kier molecular flexibility index (Phi) is 6.74. The Labute approximate surface area is 227 Å². The second kappa shape index (κ2) is 9.21. The van der Waals surface area contributed by atoms with Crippen LogP contribution in [0.1, 0.15) is 42.6 Å². The van der Waals surface area contributed by atoms with Gasteiger partial charge < -0.3 is 31.5 Å². The number of anilines is 1. The molecule has 12 heteroatoms. The molecule has 0 saturated carbocycles. The number of aliphatic hydroxyl groups is 3. The van der Waals surface area contributed by atoms with E-state index in [1.54, 1.807) is 34.0 Å². The number of Topliss-reactive ketones (excluding diaryl/α,β-unsaturated/α-hetero) is 2. The van der Waals surface area contributed by atoms with Crippen LogP contribution in [-0.4, -0.2) is 78.8 Å². The molecule has 0 spiro atoms. The van der Waals surface area contributed by atoms with Gasteiger partial charge in [-0.1, -0.05) is 28.9 Å². The van der Waals surface area contributed by atoms with Crippen LogP contribution in [0.3, 0.4) is 0 Å². The number of nitrogens with zero attached hydrogens (tertiary/aromatic N) is 1. The number of carbonyl (C=O) groups is 4. The molecule has 5 atom stereocenters. The van der Waals surface area contributed by atoms with Crippen LogP contribution in [0.4, 0.5) is 5.69 Å². The zero-order valence-corrected chi connectivity index (χ0v) is 22.9. The number of likely N-dealkylation sites (N-methyl/N-ethyl adjacent to an activating group) is 1. The molecule has 0 bridgehead atoms. The number of hydrogen-bond acceptors (Lipinski definition) is 9. The Balaban J connectivity index is 1.85. The summed E-state index contributed by atoms with van der Waals surface area (Å²) < 4.78 is -0.922. The normalized spacial score (nSPS) is 28.4. The monoisotopic (exact) mass is 591 g/mol. The molecule has 0 fully saturated rings. The average molecular weight is 592 g/mol. The number of amides is 2. The van der Waals surface area contributed by atoms with E-state index in [9.17, 15) is 39.6 Å². The molecule has 204 valence electrons. The quantitative estimate of drug-likeness (QED) is 0.168. The predicted octanol–water partition coefficient (Wildman–Crippen LogP) is 1.62. The Morgan fingerprint density at radius 3 is 2.42 bits per heavy atom. The van der Waals surface area contributed by atoms with Crippen molar-refractivity contribution in [1.82, 2.24) is 4.90 Å². The summed E-state index contributed by atoms with van der Waals surface area (Å²) in [4.78, 5) is 53.2. The number of nitrogens with two attached hydrogens (primary N) is 1. The van der Waals surface area contributed by atoms with E-state index in [-0.39, 0.29) is 29.7 Å². The third kappa shape index (κ3) is 3.85. The lowest BCUT2D eigenvalue weighted by atomic mass is 9.58. The second-order valence-electron chi connectivity index (χ2n) is 10.5. The van der Waals surface area contributed by atoms with Gasteiger partial charge in [0, 0.05) is 11.5 Å². The molecule has 4 rings (SSSR count). The summed E-state index contributed by atoms with van der Waals surface area (Å²) in [5.74, 6) is -7.66. The standard InChI is InChI=1S/C26H30BrN3O8/c1-5-25(2,27)24(37)29-13-7-6-10-8-11-9-12-17(30(3)4)20(33)16(23(28)36)22(35)26(12,38)21(34)15(11)19(32)14(10)18(13)31/h6-7,11-12,17,31,33-34,38H,5,8-9H2,1-4H3,(H2,28,36)(H,29,37)/t11?,12?,17-,25?,26-/m0/s1. The number of alkyl halides is 1. The van der Waals surface area contributed by atoms with Gasteiger partial charge in [0.2, 0.25) is 11.7 Å². The van der Waals surface area contributed by atoms with E-state index in [4.69, 9.17) is 5.73 Å². The molecule has 1 aromatic rings. The minimum absolute atomic E-state index is 0.00343. The van der Waals surface area contributed by atoms with Gasteiger partial charge in [0.25, 0.3) is 5.91 Å². The molecule has 11 nitrogen and oxygen atoms in total. The topological polar surface area (TPSA) is 190 Å². The Bertz CT molecular complexity index is 1350. The average Bonchev–Trinajstić information content (AvgIpc) is 2.82. The van der Waals surface area contributed by atoms with Crippen molar-refractivity contribution in [2.45, 2.75) is 49.1 Å². The minimum atomic E-state index is -2.70. The zero-order chi connectivity index (χ0) is 28.5. The molecule has 2 amide bonds. The van der Waals surface area contributed by atoms with Crippen LogP contribution < -0.4 is 11.1 Å². The number of phenolic OH excluding ortho intramolecular Hbond substituents is 1. The fourth-order valence-electron chi connectivity index (χ4n) is 5.74. The van der Waals surface area contributed by atoms with Crippen molar-refractivity contribution < 1.29 is 39.6 Å². The first-order chi connectivity index (χ1) is 17.6. The van der Waals surface area contributed by atoms with Gasteiger partial charge in [-0.3, -0.25) is 24.1 Å². The van der Waals surface area contributed by atoms with Gasteiger partial charge >= 0.3 is 0 Å². The second-order valence-corrected chi connectivity index (χ2v) is 12.2. The third-order valence-corrected chi connectivity index (χ3v) is 8.90. The van der Waals surface area contributed by atoms with E-state index in [2.05, 4.69) is 21.2 Å². The first kappa shape index (κ1) is 27.8. The predicted molar refractivity (Wildman–Crippen MR) is 140 cm³/mol. The Hall–Kier alpha value is -3.22. The van der Waals surface area contributed by atoms with Crippen LogP contribution in [0.2, 0.25) is 0 Å². The summed E-state index contributed by atoms with van der Waals surface area (Å²) >= 11 is 3.33. The number of benzene rings is 1. The minimum Gasteiger partial charge on any atom is -0.510 e. The molecule has 0 aromatic heterocycles. The van der Waals surface area contributed by atoms with E-state index < -0.39 is 74.0 Å². The highest BCUT2D eigenvalue weighted by Crippen LogP contribution is 2.52. The maximum Gasteiger partial charge on any atom is 0.255 e. The van der Waals surface area contributed by atoms with Crippen LogP contribution >= 0.6 is 15.9 Å². The van der Waals surface area contributed by atoms with Crippen molar-refractivity contribution in [1.29, 1.82) is 0 Å². The van der Waals surface area contributed by atoms with Gasteiger partial charge in [-0.25, -0.2) is 0 Å². The number of hydrogen-bond donors (Lipinski definition) is 6. The first-order valence-corrected chi connectivity index (χ1v) is 12.9. The van der Waals surface area contributed by atoms with E-state index in [0.29, 0.717) is 12.0 Å². The van der Waals surface area contributed by atoms with E-state index >= 15 is 0 Å². The number of phenols is 1. The van der Waals surface area contributed by atoms with Crippen LogP contribution in [-0.2, 0) is 20.8 Å².